The van der Waals surface area contributed by atoms with Crippen LogP contribution in [0.1, 0.15) is 32.6 Å². The first-order chi connectivity index (χ1) is 6.79. The van der Waals surface area contributed by atoms with Gasteiger partial charge < -0.3 is 10.1 Å². The Bertz CT molecular complexity index is 217. The van der Waals surface area contributed by atoms with Crippen LogP contribution in [0.25, 0.3) is 0 Å². The van der Waals surface area contributed by atoms with Gasteiger partial charge in [-0.1, -0.05) is 0 Å². The molecule has 80 valence electrons. The van der Waals surface area contributed by atoms with E-state index in [4.69, 9.17) is 4.74 Å². The van der Waals surface area contributed by atoms with Crippen molar-refractivity contribution in [2.45, 2.75) is 32.6 Å². The van der Waals surface area contributed by atoms with Crippen molar-refractivity contribution in [3.63, 3.8) is 0 Å². The highest BCUT2D eigenvalue weighted by Crippen LogP contribution is 2.55. The van der Waals surface area contributed by atoms with Crippen LogP contribution in [-0.2, 0) is 9.53 Å². The number of esters is 1. The molecule has 1 saturated heterocycles. The summed E-state index contributed by atoms with van der Waals surface area (Å²) in [5.41, 5.74) is -0.0713. The Kier molecular flexibility index (Phi) is 2.77. The molecule has 0 aromatic heterocycles. The Morgan fingerprint density at radius 2 is 2.07 bits per heavy atom. The largest absolute Gasteiger partial charge is 0.466 e. The van der Waals surface area contributed by atoms with Gasteiger partial charge in [0.1, 0.15) is 0 Å². The van der Waals surface area contributed by atoms with E-state index in [1.54, 1.807) is 0 Å². The van der Waals surface area contributed by atoms with Gasteiger partial charge in [-0.25, -0.2) is 0 Å². The van der Waals surface area contributed by atoms with Crippen molar-refractivity contribution in [1.29, 1.82) is 0 Å². The molecule has 1 N–H and O–H groups in total. The first kappa shape index (κ1) is 9.97. The van der Waals surface area contributed by atoms with Gasteiger partial charge in [-0.2, -0.15) is 0 Å². The van der Waals surface area contributed by atoms with E-state index in [9.17, 15) is 4.79 Å². The topological polar surface area (TPSA) is 38.3 Å². The lowest BCUT2D eigenvalue weighted by Gasteiger charge is -2.29. The number of nitrogens with one attached hydrogen (secondary N) is 1. The SMILES string of the molecule is CCOC(=O)C1(C2CCNCC2)CC1. The van der Waals surface area contributed by atoms with Crippen LogP contribution in [0, 0.1) is 11.3 Å². The molecule has 0 amide bonds. The summed E-state index contributed by atoms with van der Waals surface area (Å²) in [5, 5.41) is 3.33. The molecule has 0 spiro atoms. The molecule has 0 bridgehead atoms. The number of ether oxygens (including phenoxy) is 1. The Hall–Kier alpha value is -0.570. The number of carbonyl (C=O) groups excluding carboxylic acids is 1. The van der Waals surface area contributed by atoms with E-state index in [1.165, 1.54) is 0 Å². The molecule has 0 radical (unpaired) electrons. The fourth-order valence-electron chi connectivity index (χ4n) is 2.56. The predicted octanol–water partition coefficient (Wildman–Crippen LogP) is 1.33. The van der Waals surface area contributed by atoms with Crippen LogP contribution in [0.2, 0.25) is 0 Å². The van der Waals surface area contributed by atoms with Crippen LogP contribution in [0.4, 0.5) is 0 Å². The van der Waals surface area contributed by atoms with Gasteiger partial charge in [0.2, 0.25) is 0 Å². The summed E-state index contributed by atoms with van der Waals surface area (Å²) in [6.07, 6.45) is 4.38. The molecule has 2 fully saturated rings. The van der Waals surface area contributed by atoms with Crippen molar-refractivity contribution in [1.82, 2.24) is 5.32 Å². The van der Waals surface area contributed by atoms with Crippen LogP contribution in [-0.4, -0.2) is 25.7 Å². The minimum absolute atomic E-state index is 0.0619. The molecular weight excluding hydrogens is 178 g/mol. The maximum Gasteiger partial charge on any atom is 0.312 e. The van der Waals surface area contributed by atoms with E-state index < -0.39 is 0 Å². The summed E-state index contributed by atoms with van der Waals surface area (Å²) < 4.78 is 5.16. The molecule has 1 aliphatic carbocycles. The maximum atomic E-state index is 11.8. The van der Waals surface area contributed by atoms with Crippen LogP contribution in [0.15, 0.2) is 0 Å². The highest BCUT2D eigenvalue weighted by Gasteiger charge is 2.56. The van der Waals surface area contributed by atoms with E-state index >= 15 is 0 Å². The molecule has 3 heteroatoms. The standard InChI is InChI=1S/C11H19NO2/c1-2-14-10(13)11(5-6-11)9-3-7-12-8-4-9/h9,12H,2-8H2,1H3. The second-order valence-corrected chi connectivity index (χ2v) is 4.40. The predicted molar refractivity (Wildman–Crippen MR) is 53.9 cm³/mol. The Morgan fingerprint density at radius 1 is 1.43 bits per heavy atom. The molecule has 1 aliphatic heterocycles. The second kappa shape index (κ2) is 3.89. The van der Waals surface area contributed by atoms with Gasteiger partial charge in [-0.15, -0.1) is 0 Å². The summed E-state index contributed by atoms with van der Waals surface area (Å²) in [7, 11) is 0. The second-order valence-electron chi connectivity index (χ2n) is 4.40. The Morgan fingerprint density at radius 3 is 2.57 bits per heavy atom. The Balaban J connectivity index is 1.96. The molecule has 14 heavy (non-hydrogen) atoms. The van der Waals surface area contributed by atoms with E-state index in [0.29, 0.717) is 12.5 Å². The molecule has 1 saturated carbocycles. The number of hydrogen-bond donors (Lipinski definition) is 1. The van der Waals surface area contributed by atoms with Crippen molar-refractivity contribution in [2.24, 2.45) is 11.3 Å². The lowest BCUT2D eigenvalue weighted by molar-refractivity contribution is -0.152. The third-order valence-corrected chi connectivity index (χ3v) is 3.59. The van der Waals surface area contributed by atoms with Gasteiger partial charge in [0.15, 0.2) is 0 Å². The molecule has 2 rings (SSSR count). The molecular formula is C11H19NO2. The van der Waals surface area contributed by atoms with Gasteiger partial charge >= 0.3 is 5.97 Å². The zero-order valence-corrected chi connectivity index (χ0v) is 8.84. The summed E-state index contributed by atoms with van der Waals surface area (Å²) in [5.74, 6) is 0.634. The number of hydrogen-bond acceptors (Lipinski definition) is 3. The fourth-order valence-corrected chi connectivity index (χ4v) is 2.56. The highest BCUT2D eigenvalue weighted by molar-refractivity contribution is 5.80. The number of carbonyl (C=O) groups is 1. The minimum atomic E-state index is -0.0713. The average molecular weight is 197 g/mol. The molecule has 3 nitrogen and oxygen atoms in total. The highest BCUT2D eigenvalue weighted by atomic mass is 16.5. The van der Waals surface area contributed by atoms with E-state index in [0.717, 1.165) is 38.8 Å². The monoisotopic (exact) mass is 197 g/mol. The van der Waals surface area contributed by atoms with Crippen LogP contribution >= 0.6 is 0 Å². The first-order valence-electron chi connectivity index (χ1n) is 5.67. The molecule has 1 heterocycles. The number of piperidine rings is 1. The van der Waals surface area contributed by atoms with Crippen LogP contribution < -0.4 is 5.32 Å². The van der Waals surface area contributed by atoms with Crippen LogP contribution in [0.3, 0.4) is 0 Å². The number of rotatable bonds is 3. The van der Waals surface area contributed by atoms with Gasteiger partial charge in [0.25, 0.3) is 0 Å². The first-order valence-corrected chi connectivity index (χ1v) is 5.67. The normalized spacial score (nSPS) is 25.8. The summed E-state index contributed by atoms with van der Waals surface area (Å²) in [4.78, 5) is 11.8. The lowest BCUT2D eigenvalue weighted by atomic mass is 9.82. The van der Waals surface area contributed by atoms with E-state index in [-0.39, 0.29) is 11.4 Å². The zero-order valence-electron chi connectivity index (χ0n) is 8.84. The molecule has 0 aromatic carbocycles. The molecule has 0 atom stereocenters. The van der Waals surface area contributed by atoms with Gasteiger partial charge in [-0.05, 0) is 51.6 Å². The van der Waals surface area contributed by atoms with Crippen molar-refractivity contribution < 1.29 is 9.53 Å². The van der Waals surface area contributed by atoms with Gasteiger partial charge in [0.05, 0.1) is 12.0 Å². The van der Waals surface area contributed by atoms with Gasteiger partial charge in [0, 0.05) is 0 Å². The van der Waals surface area contributed by atoms with Crippen LogP contribution in [0.5, 0.6) is 0 Å². The van der Waals surface area contributed by atoms with E-state index in [2.05, 4.69) is 5.32 Å². The summed E-state index contributed by atoms with van der Waals surface area (Å²) in [6.45, 7) is 4.53. The Labute approximate surface area is 85.2 Å². The van der Waals surface area contributed by atoms with Crippen molar-refractivity contribution in [2.75, 3.05) is 19.7 Å². The third kappa shape index (κ3) is 1.65. The molecule has 2 aliphatic rings. The molecule has 0 unspecified atom stereocenters. The third-order valence-electron chi connectivity index (χ3n) is 3.59. The van der Waals surface area contributed by atoms with Gasteiger partial charge in [-0.3, -0.25) is 4.79 Å². The summed E-state index contributed by atoms with van der Waals surface area (Å²) >= 11 is 0. The van der Waals surface area contributed by atoms with Crippen molar-refractivity contribution in [3.8, 4) is 0 Å². The van der Waals surface area contributed by atoms with Crippen molar-refractivity contribution >= 4 is 5.97 Å². The fraction of sp³-hybridized carbons (Fsp3) is 0.909. The quantitative estimate of drug-likeness (QED) is 0.694. The minimum Gasteiger partial charge on any atom is -0.466 e. The lowest BCUT2D eigenvalue weighted by Crippen LogP contribution is -2.36. The summed E-state index contributed by atoms with van der Waals surface area (Å²) in [6, 6.07) is 0. The molecule has 0 aromatic rings. The van der Waals surface area contributed by atoms with E-state index in [1.807, 2.05) is 6.92 Å². The van der Waals surface area contributed by atoms with Crippen molar-refractivity contribution in [3.05, 3.63) is 0 Å². The maximum absolute atomic E-state index is 11.8. The average Bonchev–Trinajstić information content (AvgIpc) is 3.00. The smallest absolute Gasteiger partial charge is 0.312 e. The zero-order chi connectivity index (χ0) is 10.0.